The third-order valence-corrected chi connectivity index (χ3v) is 10.3. The molecule has 3 aromatic rings. The van der Waals surface area contributed by atoms with Crippen LogP contribution in [-0.2, 0) is 16.0 Å². The lowest BCUT2D eigenvalue weighted by atomic mass is 9.85. The van der Waals surface area contributed by atoms with Crippen LogP contribution in [0.3, 0.4) is 0 Å². The largest absolute Gasteiger partial charge is 0.493 e. The van der Waals surface area contributed by atoms with Crippen LogP contribution in [0.5, 0.6) is 11.5 Å². The van der Waals surface area contributed by atoms with Gasteiger partial charge in [0.2, 0.25) is 11.8 Å². The van der Waals surface area contributed by atoms with Gasteiger partial charge in [0.15, 0.2) is 11.5 Å². The van der Waals surface area contributed by atoms with Gasteiger partial charge in [0.05, 0.1) is 50.8 Å². The monoisotopic (exact) mass is 673 g/mol. The zero-order valence-corrected chi connectivity index (χ0v) is 29.7. The number of nitrogens with zero attached hydrogens (tertiary/aromatic N) is 5. The second-order valence-electron chi connectivity index (χ2n) is 14.0. The van der Waals surface area contributed by atoms with E-state index in [1.54, 1.807) is 12.0 Å². The van der Waals surface area contributed by atoms with E-state index in [4.69, 9.17) is 26.1 Å². The quantitative estimate of drug-likeness (QED) is 0.237. The molecule has 2 amide bonds. The Balaban J connectivity index is 1.18. The SMILES string of the molecule is COc1cc2c(cc1OC(C)C)[C@H](c1ccc(Cl)cc1)N(c1ccc(N(C)C[C@H]3CC[C@H](N4CC(=O)N(C(C)C)C4)CC3)cn1)C(=O)C2. The molecule has 0 bridgehead atoms. The van der Waals surface area contributed by atoms with E-state index in [-0.39, 0.29) is 30.4 Å². The second kappa shape index (κ2) is 14.3. The Morgan fingerprint density at radius 1 is 0.958 bits per heavy atom. The maximum absolute atomic E-state index is 13.9. The fourth-order valence-electron chi connectivity index (χ4n) is 7.51. The third kappa shape index (κ3) is 7.13. The van der Waals surface area contributed by atoms with Crippen LogP contribution < -0.4 is 19.3 Å². The predicted molar refractivity (Wildman–Crippen MR) is 190 cm³/mol. The van der Waals surface area contributed by atoms with Crippen molar-refractivity contribution in [1.82, 2.24) is 14.8 Å². The number of rotatable bonds is 10. The van der Waals surface area contributed by atoms with Gasteiger partial charge >= 0.3 is 0 Å². The van der Waals surface area contributed by atoms with Crippen LogP contribution in [-0.4, -0.2) is 78.7 Å². The number of carbonyl (C=O) groups is 2. The molecule has 1 aromatic heterocycles. The van der Waals surface area contributed by atoms with Crippen LogP contribution in [0.1, 0.15) is 76.1 Å². The van der Waals surface area contributed by atoms with Gasteiger partial charge in [-0.15, -0.1) is 0 Å². The normalized spacial score (nSPS) is 21.6. The van der Waals surface area contributed by atoms with Gasteiger partial charge in [-0.2, -0.15) is 0 Å². The molecule has 2 aromatic carbocycles. The number of methoxy groups -OCH3 is 1. The second-order valence-corrected chi connectivity index (χ2v) is 14.5. The first-order valence-corrected chi connectivity index (χ1v) is 17.6. The molecule has 2 aliphatic heterocycles. The van der Waals surface area contributed by atoms with Crippen molar-refractivity contribution in [1.29, 1.82) is 0 Å². The van der Waals surface area contributed by atoms with Crippen LogP contribution in [0.2, 0.25) is 5.02 Å². The molecular weight excluding hydrogens is 626 g/mol. The number of hydrogen-bond donors (Lipinski definition) is 0. The number of carbonyl (C=O) groups excluding carboxylic acids is 2. The molecule has 1 saturated heterocycles. The van der Waals surface area contributed by atoms with Crippen LogP contribution in [0.25, 0.3) is 0 Å². The molecule has 0 radical (unpaired) electrons. The molecule has 3 heterocycles. The topological polar surface area (TPSA) is 78.5 Å². The molecule has 6 rings (SSSR count). The first kappa shape index (κ1) is 34.1. The number of fused-ring (bicyclic) bond motifs is 1. The number of benzene rings is 2. The zero-order chi connectivity index (χ0) is 34.1. The van der Waals surface area contributed by atoms with Gasteiger partial charge in [0, 0.05) is 30.7 Å². The highest BCUT2D eigenvalue weighted by Gasteiger charge is 2.38. The molecule has 0 spiro atoms. The number of hydrogen-bond acceptors (Lipinski definition) is 7. The predicted octanol–water partition coefficient (Wildman–Crippen LogP) is 6.71. The Morgan fingerprint density at radius 2 is 1.69 bits per heavy atom. The fourth-order valence-corrected chi connectivity index (χ4v) is 7.64. The maximum atomic E-state index is 13.9. The van der Waals surface area contributed by atoms with Crippen LogP contribution in [0.15, 0.2) is 54.7 Å². The summed E-state index contributed by atoms with van der Waals surface area (Å²) >= 11 is 6.28. The molecule has 10 heteroatoms. The summed E-state index contributed by atoms with van der Waals surface area (Å²) in [6, 6.07) is 15.9. The van der Waals surface area contributed by atoms with Gasteiger partial charge < -0.3 is 19.3 Å². The number of pyridine rings is 1. The molecule has 0 unspecified atom stereocenters. The summed E-state index contributed by atoms with van der Waals surface area (Å²) < 4.78 is 11.8. The van der Waals surface area contributed by atoms with Crippen LogP contribution >= 0.6 is 11.6 Å². The van der Waals surface area contributed by atoms with Gasteiger partial charge in [-0.05, 0) is 112 Å². The number of anilines is 2. The van der Waals surface area contributed by atoms with Crippen molar-refractivity contribution < 1.29 is 19.1 Å². The first-order chi connectivity index (χ1) is 23.0. The Kier molecular flexibility index (Phi) is 10.2. The third-order valence-electron chi connectivity index (χ3n) is 10.0. The lowest BCUT2D eigenvalue weighted by Crippen LogP contribution is -2.41. The number of aromatic nitrogens is 1. The minimum atomic E-state index is -0.413. The fraction of sp³-hybridized carbons (Fsp3) is 0.500. The Morgan fingerprint density at radius 3 is 2.29 bits per heavy atom. The molecule has 48 heavy (non-hydrogen) atoms. The lowest BCUT2D eigenvalue weighted by molar-refractivity contribution is -0.128. The van der Waals surface area contributed by atoms with E-state index >= 15 is 0 Å². The highest BCUT2D eigenvalue weighted by atomic mass is 35.5. The van der Waals surface area contributed by atoms with Crippen molar-refractivity contribution in [2.75, 3.05) is 43.7 Å². The molecule has 2 fully saturated rings. The van der Waals surface area contributed by atoms with Crippen molar-refractivity contribution in [2.45, 2.75) is 84.0 Å². The standard InChI is InChI=1S/C38H48ClN5O4/c1-24(2)43-23-42(22-37(43)46)30-13-7-26(8-14-30)21-41(5)31-15-16-35(40-20-31)44-36(45)18-28-17-33(47-6)34(48-25(3)4)19-32(28)38(44)27-9-11-29(39)12-10-27/h9-12,15-17,19-20,24-26,30,38H,7-8,13-14,18,21-23H2,1-6H3/t26-,30-,38-/m0/s1. The molecule has 1 saturated carbocycles. The minimum Gasteiger partial charge on any atom is -0.493 e. The van der Waals surface area contributed by atoms with E-state index in [1.165, 1.54) is 0 Å². The average molecular weight is 674 g/mol. The number of ether oxygens (including phenoxy) is 2. The van der Waals surface area contributed by atoms with E-state index in [0.717, 1.165) is 61.3 Å². The van der Waals surface area contributed by atoms with Crippen LogP contribution in [0.4, 0.5) is 11.5 Å². The van der Waals surface area contributed by atoms with E-state index < -0.39 is 6.04 Å². The Labute approximate surface area is 289 Å². The molecule has 9 nitrogen and oxygen atoms in total. The zero-order valence-electron chi connectivity index (χ0n) is 29.0. The van der Waals surface area contributed by atoms with Gasteiger partial charge in [-0.1, -0.05) is 23.7 Å². The van der Waals surface area contributed by atoms with Gasteiger partial charge in [-0.3, -0.25) is 19.4 Å². The van der Waals surface area contributed by atoms with E-state index in [0.29, 0.717) is 40.8 Å². The van der Waals surface area contributed by atoms with Crippen LogP contribution in [0, 0.1) is 5.92 Å². The van der Waals surface area contributed by atoms with Crippen molar-refractivity contribution >= 4 is 34.9 Å². The summed E-state index contributed by atoms with van der Waals surface area (Å²) in [4.78, 5) is 39.6. The number of amides is 2. The van der Waals surface area contributed by atoms with E-state index in [2.05, 4.69) is 36.8 Å². The Hall–Kier alpha value is -3.82. The minimum absolute atomic E-state index is 0.0383. The van der Waals surface area contributed by atoms with Crippen molar-refractivity contribution in [3.63, 3.8) is 0 Å². The molecule has 3 aliphatic rings. The summed E-state index contributed by atoms with van der Waals surface area (Å²) in [5.74, 6) is 2.65. The molecule has 1 atom stereocenters. The summed E-state index contributed by atoms with van der Waals surface area (Å²) in [6.45, 7) is 10.4. The highest BCUT2D eigenvalue weighted by Crippen LogP contribution is 2.43. The van der Waals surface area contributed by atoms with Crippen molar-refractivity contribution in [2.24, 2.45) is 5.92 Å². The number of halogens is 1. The molecule has 1 aliphatic carbocycles. The highest BCUT2D eigenvalue weighted by molar-refractivity contribution is 6.30. The molecule has 0 N–H and O–H groups in total. The summed E-state index contributed by atoms with van der Waals surface area (Å²) in [7, 11) is 3.74. The molecule has 256 valence electrons. The van der Waals surface area contributed by atoms with E-state index in [1.807, 2.05) is 67.4 Å². The van der Waals surface area contributed by atoms with Crippen molar-refractivity contribution in [3.05, 3.63) is 76.4 Å². The van der Waals surface area contributed by atoms with Gasteiger partial charge in [-0.25, -0.2) is 4.98 Å². The molecular formula is C38H48ClN5O4. The van der Waals surface area contributed by atoms with Gasteiger partial charge in [0.1, 0.15) is 5.82 Å². The summed E-state index contributed by atoms with van der Waals surface area (Å²) in [5, 5.41) is 0.633. The van der Waals surface area contributed by atoms with E-state index in [9.17, 15) is 9.59 Å². The Bertz CT molecular complexity index is 1600. The maximum Gasteiger partial charge on any atom is 0.238 e. The van der Waals surface area contributed by atoms with Crippen molar-refractivity contribution in [3.8, 4) is 11.5 Å². The average Bonchev–Trinajstić information content (AvgIpc) is 3.46. The van der Waals surface area contributed by atoms with Gasteiger partial charge in [0.25, 0.3) is 0 Å². The summed E-state index contributed by atoms with van der Waals surface area (Å²) in [6.07, 6.45) is 6.59. The lowest BCUT2D eigenvalue weighted by Gasteiger charge is -2.38. The first-order valence-electron chi connectivity index (χ1n) is 17.2. The summed E-state index contributed by atoms with van der Waals surface area (Å²) in [5.41, 5.74) is 3.83. The smallest absolute Gasteiger partial charge is 0.238 e.